The van der Waals surface area contributed by atoms with Gasteiger partial charge in [-0.25, -0.2) is 4.98 Å². The number of benzene rings is 2. The largest absolute Gasteiger partial charge is 0.398 e. The number of rotatable bonds is 1. The van der Waals surface area contributed by atoms with Crippen molar-refractivity contribution in [2.45, 2.75) is 20.3 Å². The number of nitrogen functional groups attached to an aromatic ring is 1. The monoisotopic (exact) mass is 289 g/mol. The first-order valence-electron chi connectivity index (χ1n) is 7.67. The van der Waals surface area contributed by atoms with Gasteiger partial charge in [0.1, 0.15) is 5.82 Å². The number of fused-ring (bicyclic) bond motifs is 2. The van der Waals surface area contributed by atoms with Crippen molar-refractivity contribution in [3.63, 3.8) is 0 Å². The number of anilines is 3. The molecule has 0 spiro atoms. The van der Waals surface area contributed by atoms with Crippen molar-refractivity contribution in [1.82, 2.24) is 4.98 Å². The van der Waals surface area contributed by atoms with E-state index in [0.29, 0.717) is 0 Å². The Hall–Kier alpha value is -2.55. The van der Waals surface area contributed by atoms with Crippen LogP contribution in [0.4, 0.5) is 17.2 Å². The number of para-hydroxylation sites is 1. The van der Waals surface area contributed by atoms with E-state index in [1.54, 1.807) is 0 Å². The number of aryl methyl sites for hydroxylation is 2. The van der Waals surface area contributed by atoms with Gasteiger partial charge in [0.25, 0.3) is 0 Å². The van der Waals surface area contributed by atoms with Crippen LogP contribution in [0, 0.1) is 13.8 Å². The molecule has 1 aliphatic rings. The van der Waals surface area contributed by atoms with Gasteiger partial charge in [-0.05, 0) is 43.5 Å². The first-order chi connectivity index (χ1) is 10.7. The maximum absolute atomic E-state index is 6.51. The van der Waals surface area contributed by atoms with E-state index in [2.05, 4.69) is 55.1 Å². The molecule has 0 fully saturated rings. The molecule has 2 heterocycles. The van der Waals surface area contributed by atoms with Crippen LogP contribution < -0.4 is 10.6 Å². The van der Waals surface area contributed by atoms with Crippen LogP contribution in [-0.2, 0) is 6.42 Å². The lowest BCUT2D eigenvalue weighted by Crippen LogP contribution is -2.14. The Kier molecular flexibility index (Phi) is 2.83. The van der Waals surface area contributed by atoms with Crippen LogP contribution in [0.5, 0.6) is 0 Å². The van der Waals surface area contributed by atoms with Gasteiger partial charge in [0.05, 0.1) is 5.52 Å². The lowest BCUT2D eigenvalue weighted by Gasteiger charge is -2.20. The van der Waals surface area contributed by atoms with Crippen molar-refractivity contribution in [3.05, 3.63) is 59.2 Å². The Labute approximate surface area is 130 Å². The molecule has 3 nitrogen and oxygen atoms in total. The van der Waals surface area contributed by atoms with Gasteiger partial charge in [0, 0.05) is 28.9 Å². The van der Waals surface area contributed by atoms with E-state index in [1.807, 2.05) is 6.07 Å². The smallest absolute Gasteiger partial charge is 0.139 e. The molecule has 0 saturated carbocycles. The van der Waals surface area contributed by atoms with Gasteiger partial charge in [-0.2, -0.15) is 0 Å². The molecule has 0 aliphatic carbocycles. The molecule has 1 aromatic heterocycles. The SMILES string of the molecule is Cc1ccc(C)c2c(N)c3c(nc12)N(c1ccccc1)CC3. The highest BCUT2D eigenvalue weighted by Gasteiger charge is 2.26. The van der Waals surface area contributed by atoms with E-state index in [4.69, 9.17) is 10.7 Å². The quantitative estimate of drug-likeness (QED) is 0.732. The van der Waals surface area contributed by atoms with Crippen molar-refractivity contribution < 1.29 is 0 Å². The van der Waals surface area contributed by atoms with Crippen LogP contribution >= 0.6 is 0 Å². The Balaban J connectivity index is 1.99. The van der Waals surface area contributed by atoms with E-state index in [1.165, 1.54) is 22.4 Å². The molecule has 3 aromatic rings. The minimum Gasteiger partial charge on any atom is -0.398 e. The Morgan fingerprint density at radius 1 is 1.00 bits per heavy atom. The number of nitrogens with two attached hydrogens (primary N) is 1. The standard InChI is InChI=1S/C19H19N3/c1-12-8-9-13(2)18-16(12)17(20)15-10-11-22(19(15)21-18)14-6-4-3-5-7-14/h3-9H,10-11H2,1-2H3,(H2,20,21). The number of pyridine rings is 1. The second kappa shape index (κ2) is 4.73. The van der Waals surface area contributed by atoms with E-state index < -0.39 is 0 Å². The Bertz CT molecular complexity index is 869. The fraction of sp³-hybridized carbons (Fsp3) is 0.211. The summed E-state index contributed by atoms with van der Waals surface area (Å²) in [6.07, 6.45) is 0.951. The van der Waals surface area contributed by atoms with Crippen molar-refractivity contribution >= 4 is 28.1 Å². The highest BCUT2D eigenvalue weighted by Crippen LogP contribution is 2.40. The summed E-state index contributed by atoms with van der Waals surface area (Å²) in [7, 11) is 0. The average molecular weight is 289 g/mol. The van der Waals surface area contributed by atoms with Crippen LogP contribution in [0.2, 0.25) is 0 Å². The summed E-state index contributed by atoms with van der Waals surface area (Å²) >= 11 is 0. The summed E-state index contributed by atoms with van der Waals surface area (Å²) in [5.74, 6) is 1.02. The zero-order chi connectivity index (χ0) is 15.3. The molecule has 3 heteroatoms. The van der Waals surface area contributed by atoms with Crippen molar-refractivity contribution in [2.75, 3.05) is 17.2 Å². The summed E-state index contributed by atoms with van der Waals surface area (Å²) < 4.78 is 0. The molecule has 22 heavy (non-hydrogen) atoms. The summed E-state index contributed by atoms with van der Waals surface area (Å²) in [4.78, 5) is 7.25. The molecule has 0 bridgehead atoms. The van der Waals surface area contributed by atoms with Gasteiger partial charge >= 0.3 is 0 Å². The number of hydrogen-bond donors (Lipinski definition) is 1. The van der Waals surface area contributed by atoms with Gasteiger partial charge in [-0.3, -0.25) is 0 Å². The Morgan fingerprint density at radius 2 is 1.73 bits per heavy atom. The Morgan fingerprint density at radius 3 is 2.50 bits per heavy atom. The molecule has 1 aliphatic heterocycles. The zero-order valence-corrected chi connectivity index (χ0v) is 12.9. The summed E-state index contributed by atoms with van der Waals surface area (Å²) in [6, 6.07) is 14.7. The number of nitrogens with zero attached hydrogens (tertiary/aromatic N) is 2. The molecule has 110 valence electrons. The van der Waals surface area contributed by atoms with Gasteiger partial charge in [0.15, 0.2) is 0 Å². The summed E-state index contributed by atoms with van der Waals surface area (Å²) in [5, 5.41) is 1.12. The van der Waals surface area contributed by atoms with E-state index >= 15 is 0 Å². The predicted molar refractivity (Wildman–Crippen MR) is 92.8 cm³/mol. The maximum atomic E-state index is 6.51. The maximum Gasteiger partial charge on any atom is 0.139 e. The lowest BCUT2D eigenvalue weighted by atomic mass is 10.0. The minimum atomic E-state index is 0.902. The van der Waals surface area contributed by atoms with Crippen LogP contribution in [-0.4, -0.2) is 11.5 Å². The third-order valence-corrected chi connectivity index (χ3v) is 4.58. The molecular formula is C19H19N3. The van der Waals surface area contributed by atoms with Crippen LogP contribution in [0.3, 0.4) is 0 Å². The van der Waals surface area contributed by atoms with Crippen molar-refractivity contribution in [2.24, 2.45) is 0 Å². The molecule has 0 amide bonds. The first kappa shape index (κ1) is 13.1. The fourth-order valence-corrected chi connectivity index (χ4v) is 3.38. The van der Waals surface area contributed by atoms with Crippen LogP contribution in [0.15, 0.2) is 42.5 Å². The van der Waals surface area contributed by atoms with Gasteiger partial charge < -0.3 is 10.6 Å². The topological polar surface area (TPSA) is 42.1 Å². The number of hydrogen-bond acceptors (Lipinski definition) is 3. The zero-order valence-electron chi connectivity index (χ0n) is 12.9. The molecule has 0 radical (unpaired) electrons. The second-order valence-electron chi connectivity index (χ2n) is 5.99. The van der Waals surface area contributed by atoms with Crippen LogP contribution in [0.25, 0.3) is 10.9 Å². The summed E-state index contributed by atoms with van der Waals surface area (Å²) in [5.41, 5.74) is 13.2. The van der Waals surface area contributed by atoms with Crippen molar-refractivity contribution in [1.29, 1.82) is 0 Å². The third-order valence-electron chi connectivity index (χ3n) is 4.58. The predicted octanol–water partition coefficient (Wildman–Crippen LogP) is 4.13. The summed E-state index contributed by atoms with van der Waals surface area (Å²) in [6.45, 7) is 5.14. The highest BCUT2D eigenvalue weighted by atomic mass is 15.2. The van der Waals surface area contributed by atoms with E-state index in [0.717, 1.165) is 35.4 Å². The minimum absolute atomic E-state index is 0.902. The molecule has 4 rings (SSSR count). The molecule has 0 unspecified atom stereocenters. The van der Waals surface area contributed by atoms with Gasteiger partial charge in [0.2, 0.25) is 0 Å². The first-order valence-corrected chi connectivity index (χ1v) is 7.67. The molecule has 2 N–H and O–H groups in total. The second-order valence-corrected chi connectivity index (χ2v) is 5.99. The molecule has 0 atom stereocenters. The van der Waals surface area contributed by atoms with E-state index in [-0.39, 0.29) is 0 Å². The third kappa shape index (κ3) is 1.78. The number of aromatic nitrogens is 1. The van der Waals surface area contributed by atoms with E-state index in [9.17, 15) is 0 Å². The molecule has 2 aromatic carbocycles. The average Bonchev–Trinajstić information content (AvgIpc) is 2.96. The fourth-order valence-electron chi connectivity index (χ4n) is 3.38. The highest BCUT2D eigenvalue weighted by molar-refractivity contribution is 5.99. The van der Waals surface area contributed by atoms with Crippen molar-refractivity contribution in [3.8, 4) is 0 Å². The van der Waals surface area contributed by atoms with Crippen LogP contribution in [0.1, 0.15) is 16.7 Å². The lowest BCUT2D eigenvalue weighted by molar-refractivity contribution is 0.992. The normalized spacial score (nSPS) is 13.6. The molecular weight excluding hydrogens is 270 g/mol. The molecule has 0 saturated heterocycles. The van der Waals surface area contributed by atoms with Gasteiger partial charge in [-0.1, -0.05) is 30.3 Å². The van der Waals surface area contributed by atoms with Gasteiger partial charge in [-0.15, -0.1) is 0 Å².